The van der Waals surface area contributed by atoms with Gasteiger partial charge in [0.05, 0.1) is 5.56 Å². The van der Waals surface area contributed by atoms with Crippen LogP contribution in [-0.4, -0.2) is 16.1 Å². The highest BCUT2D eigenvalue weighted by Crippen LogP contribution is 2.13. The smallest absolute Gasteiger partial charge is 0.335 e. The Labute approximate surface area is 146 Å². The zero-order chi connectivity index (χ0) is 17.5. The van der Waals surface area contributed by atoms with E-state index in [9.17, 15) is 4.79 Å². The third-order valence-corrected chi connectivity index (χ3v) is 3.74. The van der Waals surface area contributed by atoms with Crippen molar-refractivity contribution in [1.82, 2.24) is 4.98 Å². The lowest BCUT2D eigenvalue weighted by molar-refractivity contribution is 0.0697. The average Bonchev–Trinajstić information content (AvgIpc) is 2.67. The molecule has 0 saturated heterocycles. The van der Waals surface area contributed by atoms with Crippen molar-refractivity contribution >= 4 is 30.3 Å². The van der Waals surface area contributed by atoms with Crippen LogP contribution in [0.15, 0.2) is 73.1 Å². The van der Waals surface area contributed by atoms with Crippen LogP contribution in [-0.2, 0) is 0 Å². The summed E-state index contributed by atoms with van der Waals surface area (Å²) in [6, 6.07) is 19.0. The van der Waals surface area contributed by atoms with Gasteiger partial charge in [0.15, 0.2) is 0 Å². The van der Waals surface area contributed by atoms with Crippen LogP contribution in [0, 0.1) is 0 Å². The molecule has 1 N–H and O–H groups in total. The molecule has 0 bridgehead atoms. The van der Waals surface area contributed by atoms with Crippen LogP contribution in [0.2, 0.25) is 0 Å². The molecule has 1 heterocycles. The van der Waals surface area contributed by atoms with Crippen LogP contribution in [0.1, 0.15) is 32.6 Å². The van der Waals surface area contributed by atoms with Crippen molar-refractivity contribution in [3.05, 3.63) is 101 Å². The maximum absolute atomic E-state index is 10.8. The zero-order valence-corrected chi connectivity index (χ0v) is 13.5. The van der Waals surface area contributed by atoms with Gasteiger partial charge in [-0.15, -0.1) is 0 Å². The van der Waals surface area contributed by atoms with Crippen molar-refractivity contribution in [2.45, 2.75) is 0 Å². The second kappa shape index (κ2) is 7.88. The first-order chi connectivity index (χ1) is 12.2. The molecule has 0 atom stereocenters. The average molecular weight is 327 g/mol. The second-order valence-corrected chi connectivity index (χ2v) is 5.54. The Bertz CT molecular complexity index is 893. The Hall–Kier alpha value is -3.46. The fraction of sp³-hybridized carbons (Fsp3) is 0. The Morgan fingerprint density at radius 2 is 1.00 bits per heavy atom. The van der Waals surface area contributed by atoms with Crippen LogP contribution >= 0.6 is 0 Å². The van der Waals surface area contributed by atoms with E-state index >= 15 is 0 Å². The van der Waals surface area contributed by atoms with Crippen molar-refractivity contribution in [2.24, 2.45) is 0 Å². The summed E-state index contributed by atoms with van der Waals surface area (Å²) in [5.74, 6) is -0.911. The normalized spacial score (nSPS) is 11.2. The molecule has 0 amide bonds. The number of pyridine rings is 1. The molecule has 1 aromatic heterocycles. The molecule has 2 aromatic carbocycles. The summed E-state index contributed by atoms with van der Waals surface area (Å²) in [4.78, 5) is 14.8. The summed E-state index contributed by atoms with van der Waals surface area (Å²) in [5, 5.41) is 8.90. The molecule has 0 aliphatic rings. The maximum Gasteiger partial charge on any atom is 0.335 e. The number of benzene rings is 2. The molecule has 3 aromatic rings. The lowest BCUT2D eigenvalue weighted by Crippen LogP contribution is -1.94. The Kier molecular flexibility index (Phi) is 5.17. The van der Waals surface area contributed by atoms with Crippen molar-refractivity contribution in [2.75, 3.05) is 0 Å². The number of carboxylic acid groups (broad SMARTS) is 1. The zero-order valence-electron chi connectivity index (χ0n) is 13.5. The minimum Gasteiger partial charge on any atom is -0.478 e. The monoisotopic (exact) mass is 327 g/mol. The molecule has 3 nitrogen and oxygen atoms in total. The Morgan fingerprint density at radius 3 is 1.40 bits per heavy atom. The van der Waals surface area contributed by atoms with Crippen LogP contribution in [0.4, 0.5) is 0 Å². The topological polar surface area (TPSA) is 50.2 Å². The van der Waals surface area contributed by atoms with E-state index in [1.165, 1.54) is 0 Å². The Morgan fingerprint density at radius 1 is 0.640 bits per heavy atom. The lowest BCUT2D eigenvalue weighted by atomic mass is 10.1. The second-order valence-electron chi connectivity index (χ2n) is 5.54. The molecule has 0 spiro atoms. The van der Waals surface area contributed by atoms with E-state index in [2.05, 4.69) is 29.3 Å². The van der Waals surface area contributed by atoms with E-state index in [0.717, 1.165) is 22.3 Å². The Balaban J connectivity index is 1.66. The highest BCUT2D eigenvalue weighted by Gasteiger charge is 1.99. The number of carbonyl (C=O) groups is 1. The molecular formula is C22H17NO2. The molecule has 0 fully saturated rings. The SMILES string of the molecule is O=C(O)c1ccc(/C=C/c2ccc(/C=C/c3ccncc3)cc2)cc1. The predicted molar refractivity (Wildman–Crippen MR) is 102 cm³/mol. The fourth-order valence-electron chi connectivity index (χ4n) is 2.31. The first kappa shape index (κ1) is 16.4. The van der Waals surface area contributed by atoms with Crippen LogP contribution in [0.5, 0.6) is 0 Å². The molecule has 0 saturated carbocycles. The number of carboxylic acids is 1. The summed E-state index contributed by atoms with van der Waals surface area (Å²) < 4.78 is 0. The minimum atomic E-state index is -0.911. The van der Waals surface area contributed by atoms with E-state index in [1.54, 1.807) is 36.7 Å². The van der Waals surface area contributed by atoms with Gasteiger partial charge in [0.25, 0.3) is 0 Å². The number of aromatic carboxylic acids is 1. The van der Waals surface area contributed by atoms with Gasteiger partial charge in [-0.1, -0.05) is 60.7 Å². The van der Waals surface area contributed by atoms with Gasteiger partial charge >= 0.3 is 5.97 Å². The standard InChI is InChI=1S/C22H17NO2/c24-22(25)21-11-9-19(10-12-21)6-5-17-1-3-18(4-2-17)7-8-20-13-15-23-16-14-20/h1-16H,(H,24,25)/b6-5+,8-7+. The van der Waals surface area contributed by atoms with Crippen molar-refractivity contribution in [3.63, 3.8) is 0 Å². The number of hydrogen-bond acceptors (Lipinski definition) is 2. The van der Waals surface area contributed by atoms with Gasteiger partial charge in [0, 0.05) is 12.4 Å². The highest BCUT2D eigenvalue weighted by atomic mass is 16.4. The number of aromatic nitrogens is 1. The minimum absolute atomic E-state index is 0.294. The lowest BCUT2D eigenvalue weighted by Gasteiger charge is -1.98. The molecule has 0 unspecified atom stereocenters. The first-order valence-corrected chi connectivity index (χ1v) is 7.90. The molecule has 0 radical (unpaired) electrons. The molecule has 0 aliphatic heterocycles. The molecule has 3 rings (SSSR count). The summed E-state index contributed by atoms with van der Waals surface area (Å²) in [6.45, 7) is 0. The van der Waals surface area contributed by atoms with Gasteiger partial charge in [0.2, 0.25) is 0 Å². The van der Waals surface area contributed by atoms with E-state index in [4.69, 9.17) is 5.11 Å². The third-order valence-electron chi connectivity index (χ3n) is 3.74. The van der Waals surface area contributed by atoms with Crippen LogP contribution in [0.3, 0.4) is 0 Å². The summed E-state index contributed by atoms with van der Waals surface area (Å²) in [5.41, 5.74) is 4.58. The number of hydrogen-bond donors (Lipinski definition) is 1. The van der Waals surface area contributed by atoms with E-state index in [0.29, 0.717) is 5.56 Å². The van der Waals surface area contributed by atoms with E-state index < -0.39 is 5.97 Å². The molecule has 122 valence electrons. The van der Waals surface area contributed by atoms with Crippen molar-refractivity contribution in [3.8, 4) is 0 Å². The van der Waals surface area contributed by atoms with Crippen molar-refractivity contribution < 1.29 is 9.90 Å². The summed E-state index contributed by atoms with van der Waals surface area (Å²) >= 11 is 0. The molecule has 3 heteroatoms. The van der Waals surface area contributed by atoms with E-state index in [1.807, 2.05) is 36.4 Å². The predicted octanol–water partition coefficient (Wildman–Crippen LogP) is 5.12. The number of rotatable bonds is 5. The van der Waals surface area contributed by atoms with Gasteiger partial charge < -0.3 is 5.11 Å². The molecular weight excluding hydrogens is 310 g/mol. The van der Waals surface area contributed by atoms with Crippen LogP contribution < -0.4 is 0 Å². The quantitative estimate of drug-likeness (QED) is 0.662. The third kappa shape index (κ3) is 4.75. The van der Waals surface area contributed by atoms with Gasteiger partial charge in [-0.2, -0.15) is 0 Å². The van der Waals surface area contributed by atoms with Gasteiger partial charge in [-0.25, -0.2) is 4.79 Å². The van der Waals surface area contributed by atoms with Gasteiger partial charge in [-0.05, 0) is 46.5 Å². The van der Waals surface area contributed by atoms with Gasteiger partial charge in [0.1, 0.15) is 0 Å². The highest BCUT2D eigenvalue weighted by molar-refractivity contribution is 5.88. The van der Waals surface area contributed by atoms with Gasteiger partial charge in [-0.3, -0.25) is 4.98 Å². The maximum atomic E-state index is 10.8. The van der Waals surface area contributed by atoms with Crippen molar-refractivity contribution in [1.29, 1.82) is 0 Å². The number of nitrogens with zero attached hydrogens (tertiary/aromatic N) is 1. The molecule has 0 aliphatic carbocycles. The van der Waals surface area contributed by atoms with E-state index in [-0.39, 0.29) is 0 Å². The van der Waals surface area contributed by atoms with Crippen LogP contribution in [0.25, 0.3) is 24.3 Å². The fourth-order valence-corrected chi connectivity index (χ4v) is 2.31. The molecule has 25 heavy (non-hydrogen) atoms. The summed E-state index contributed by atoms with van der Waals surface area (Å²) in [7, 11) is 0. The summed E-state index contributed by atoms with van der Waals surface area (Å²) in [6.07, 6.45) is 11.6. The first-order valence-electron chi connectivity index (χ1n) is 7.90. The largest absolute Gasteiger partial charge is 0.478 e.